The maximum absolute atomic E-state index is 11.8. The van der Waals surface area contributed by atoms with E-state index in [9.17, 15) is 4.79 Å². The first-order valence-electron chi connectivity index (χ1n) is 11.0. The van der Waals surface area contributed by atoms with Crippen LogP contribution < -0.4 is 25.4 Å². The van der Waals surface area contributed by atoms with Crippen molar-refractivity contribution in [3.8, 4) is 11.5 Å². The number of amides is 1. The zero-order valence-electron chi connectivity index (χ0n) is 19.0. The Bertz CT molecular complexity index is 931. The van der Waals surface area contributed by atoms with Gasteiger partial charge >= 0.3 is 0 Å². The number of benzene rings is 2. The normalized spacial score (nSPS) is 12.8. The lowest BCUT2D eigenvalue weighted by Gasteiger charge is -2.14. The van der Waals surface area contributed by atoms with Gasteiger partial charge in [-0.05, 0) is 43.5 Å². The van der Waals surface area contributed by atoms with Crippen LogP contribution in [-0.2, 0) is 17.9 Å². The van der Waals surface area contributed by atoms with Crippen LogP contribution in [0.25, 0.3) is 0 Å². The Kier molecular flexibility index (Phi) is 11.6. The Morgan fingerprint density at radius 1 is 1.15 bits per heavy atom. The van der Waals surface area contributed by atoms with E-state index in [2.05, 4.69) is 27.5 Å². The number of hydrogen-bond donors (Lipinski definition) is 3. The highest BCUT2D eigenvalue weighted by molar-refractivity contribution is 14.0. The minimum absolute atomic E-state index is 0. The van der Waals surface area contributed by atoms with Crippen LogP contribution in [0.3, 0.4) is 0 Å². The van der Waals surface area contributed by atoms with Crippen molar-refractivity contribution in [1.29, 1.82) is 0 Å². The molecule has 8 heteroatoms. The summed E-state index contributed by atoms with van der Waals surface area (Å²) in [4.78, 5) is 16.5. The summed E-state index contributed by atoms with van der Waals surface area (Å²) in [6, 6.07) is 15.9. The molecule has 33 heavy (non-hydrogen) atoms. The van der Waals surface area contributed by atoms with E-state index in [0.717, 1.165) is 36.3 Å². The van der Waals surface area contributed by atoms with Crippen LogP contribution in [0.5, 0.6) is 11.5 Å². The first-order chi connectivity index (χ1) is 15.7. The molecule has 0 unspecified atom stereocenters. The lowest BCUT2D eigenvalue weighted by molar-refractivity contribution is -0.123. The monoisotopic (exact) mass is 564 g/mol. The molecule has 0 spiro atoms. The maximum atomic E-state index is 11.8. The van der Waals surface area contributed by atoms with Crippen LogP contribution in [-0.4, -0.2) is 37.7 Å². The predicted octanol–water partition coefficient (Wildman–Crippen LogP) is 3.78. The summed E-state index contributed by atoms with van der Waals surface area (Å²) in [5.41, 5.74) is 2.04. The van der Waals surface area contributed by atoms with Gasteiger partial charge in [-0.25, -0.2) is 4.99 Å². The molecular formula is C25H33IN4O3. The van der Waals surface area contributed by atoms with Gasteiger partial charge in [0.25, 0.3) is 5.91 Å². The summed E-state index contributed by atoms with van der Waals surface area (Å²) in [6.07, 6.45) is 3.86. The third kappa shape index (κ3) is 9.73. The van der Waals surface area contributed by atoms with Gasteiger partial charge in [0.2, 0.25) is 0 Å². The first kappa shape index (κ1) is 26.5. The molecule has 1 saturated carbocycles. The highest BCUT2D eigenvalue weighted by atomic mass is 127. The molecule has 0 bridgehead atoms. The second kappa shape index (κ2) is 14.4. The zero-order chi connectivity index (χ0) is 22.6. The van der Waals surface area contributed by atoms with Gasteiger partial charge < -0.3 is 25.4 Å². The number of halogens is 1. The van der Waals surface area contributed by atoms with Crippen molar-refractivity contribution in [2.75, 3.05) is 19.8 Å². The van der Waals surface area contributed by atoms with Crippen molar-refractivity contribution >= 4 is 35.8 Å². The molecule has 1 aliphatic carbocycles. The fourth-order valence-electron chi connectivity index (χ4n) is 3.01. The summed E-state index contributed by atoms with van der Waals surface area (Å²) in [7, 11) is 0. The first-order valence-corrected chi connectivity index (χ1v) is 11.0. The van der Waals surface area contributed by atoms with Gasteiger partial charge in [0, 0.05) is 24.7 Å². The van der Waals surface area contributed by atoms with Crippen molar-refractivity contribution in [3.63, 3.8) is 0 Å². The van der Waals surface area contributed by atoms with Gasteiger partial charge in [0.1, 0.15) is 18.1 Å². The van der Waals surface area contributed by atoms with Gasteiger partial charge in [-0.2, -0.15) is 0 Å². The van der Waals surface area contributed by atoms with E-state index in [4.69, 9.17) is 9.47 Å². The Morgan fingerprint density at radius 3 is 2.73 bits per heavy atom. The number of carbonyl (C=O) groups excluding carboxylic acids is 1. The molecule has 0 aromatic heterocycles. The van der Waals surface area contributed by atoms with Gasteiger partial charge in [-0.1, -0.05) is 43.0 Å². The summed E-state index contributed by atoms with van der Waals surface area (Å²) in [5, 5.41) is 9.53. The van der Waals surface area contributed by atoms with E-state index in [-0.39, 0.29) is 36.5 Å². The highest BCUT2D eigenvalue weighted by Crippen LogP contribution is 2.19. The van der Waals surface area contributed by atoms with E-state index in [0.29, 0.717) is 37.4 Å². The Morgan fingerprint density at radius 2 is 1.97 bits per heavy atom. The lowest BCUT2D eigenvalue weighted by Crippen LogP contribution is -2.36. The zero-order valence-corrected chi connectivity index (χ0v) is 21.3. The molecule has 2 aromatic rings. The Hall–Kier alpha value is -2.75. The third-order valence-corrected chi connectivity index (χ3v) is 4.75. The fourth-order valence-corrected chi connectivity index (χ4v) is 3.01. The van der Waals surface area contributed by atoms with Crippen molar-refractivity contribution in [3.05, 3.63) is 72.3 Å². The van der Waals surface area contributed by atoms with Crippen LogP contribution in [0, 0.1) is 0 Å². The Labute approximate surface area is 213 Å². The minimum Gasteiger partial charge on any atom is -0.489 e. The van der Waals surface area contributed by atoms with E-state index >= 15 is 0 Å². The summed E-state index contributed by atoms with van der Waals surface area (Å²) in [6.45, 7) is 8.03. The second-order valence-electron chi connectivity index (χ2n) is 7.53. The molecular weight excluding hydrogens is 531 g/mol. The fraction of sp³-hybridized carbons (Fsp3) is 0.360. The highest BCUT2D eigenvalue weighted by Gasteiger charge is 2.23. The number of guanidine groups is 1. The van der Waals surface area contributed by atoms with Crippen LogP contribution in [0.2, 0.25) is 0 Å². The molecule has 1 aliphatic rings. The number of ether oxygens (including phenoxy) is 2. The summed E-state index contributed by atoms with van der Waals surface area (Å²) >= 11 is 0. The number of hydrogen-bond acceptors (Lipinski definition) is 4. The van der Waals surface area contributed by atoms with E-state index in [1.807, 2.05) is 55.5 Å². The van der Waals surface area contributed by atoms with Crippen LogP contribution >= 0.6 is 24.0 Å². The molecule has 0 radical (unpaired) electrons. The standard InChI is InChI=1S/C25H32N4O3.HI/c1-3-14-31-23-11-6-5-9-20(23)17-28-25(26-4-2)27-16-19-8-7-10-22(15-19)32-18-24(30)29-21-12-13-21;/h3,5-11,15,21H,1,4,12-14,16-18H2,2H3,(H,29,30)(H2,26,27,28);1H. The molecule has 1 fully saturated rings. The summed E-state index contributed by atoms with van der Waals surface area (Å²) in [5.74, 6) is 2.12. The molecule has 3 N–H and O–H groups in total. The van der Waals surface area contributed by atoms with Crippen molar-refractivity contribution in [2.24, 2.45) is 4.99 Å². The van der Waals surface area contributed by atoms with Gasteiger partial charge in [0.05, 0.1) is 6.54 Å². The van der Waals surface area contributed by atoms with Gasteiger partial charge in [0.15, 0.2) is 12.6 Å². The third-order valence-electron chi connectivity index (χ3n) is 4.75. The summed E-state index contributed by atoms with van der Waals surface area (Å²) < 4.78 is 11.4. The van der Waals surface area contributed by atoms with Gasteiger partial charge in [-0.15, -0.1) is 24.0 Å². The number of nitrogens with zero attached hydrogens (tertiary/aromatic N) is 1. The Balaban J connectivity index is 0.00000385. The number of rotatable bonds is 12. The minimum atomic E-state index is -0.0769. The number of carbonyl (C=O) groups is 1. The van der Waals surface area contributed by atoms with E-state index in [1.165, 1.54) is 0 Å². The van der Waals surface area contributed by atoms with Crippen LogP contribution in [0.15, 0.2) is 66.2 Å². The molecule has 2 aromatic carbocycles. The van der Waals surface area contributed by atoms with Crippen LogP contribution in [0.1, 0.15) is 30.9 Å². The maximum Gasteiger partial charge on any atom is 0.258 e. The topological polar surface area (TPSA) is 84.0 Å². The number of para-hydroxylation sites is 1. The molecule has 0 aliphatic heterocycles. The molecule has 0 saturated heterocycles. The molecule has 178 valence electrons. The van der Waals surface area contributed by atoms with Crippen molar-refractivity contribution in [2.45, 2.75) is 38.9 Å². The number of aliphatic imine (C=N–C) groups is 1. The smallest absolute Gasteiger partial charge is 0.258 e. The largest absolute Gasteiger partial charge is 0.489 e. The van der Waals surface area contributed by atoms with Crippen LogP contribution in [0.4, 0.5) is 0 Å². The SMILES string of the molecule is C=CCOc1ccccc1CNC(=NCc1cccc(OCC(=O)NC2CC2)c1)NCC.I. The molecule has 0 atom stereocenters. The van der Waals surface area contributed by atoms with Crippen molar-refractivity contribution in [1.82, 2.24) is 16.0 Å². The average Bonchev–Trinajstić information content (AvgIpc) is 3.63. The second-order valence-corrected chi connectivity index (χ2v) is 7.53. The van der Waals surface area contributed by atoms with Gasteiger partial charge in [-0.3, -0.25) is 4.79 Å². The molecule has 1 amide bonds. The van der Waals surface area contributed by atoms with E-state index < -0.39 is 0 Å². The quantitative estimate of drug-likeness (QED) is 0.158. The number of nitrogens with one attached hydrogen (secondary N) is 3. The van der Waals surface area contributed by atoms with Crippen molar-refractivity contribution < 1.29 is 14.3 Å². The lowest BCUT2D eigenvalue weighted by atomic mass is 10.2. The van der Waals surface area contributed by atoms with E-state index in [1.54, 1.807) is 6.08 Å². The average molecular weight is 564 g/mol. The molecule has 3 rings (SSSR count). The molecule has 7 nitrogen and oxygen atoms in total. The predicted molar refractivity (Wildman–Crippen MR) is 142 cm³/mol. The molecule has 0 heterocycles.